The number of nitrogens with one attached hydrogen (secondary N) is 2. The van der Waals surface area contributed by atoms with Gasteiger partial charge in [-0.3, -0.25) is 4.79 Å². The molecule has 0 fully saturated rings. The SMILES string of the molecule is COc1ccc(Nc2cnc(C(=O)NCCc3ccc(F)cc3)cn2)cc1. The summed E-state index contributed by atoms with van der Waals surface area (Å²) in [6, 6.07) is 13.6. The second kappa shape index (κ2) is 8.75. The Hall–Kier alpha value is -3.48. The molecular formula is C20H19FN4O2. The van der Waals surface area contributed by atoms with Gasteiger partial charge in [-0.2, -0.15) is 0 Å². The van der Waals surface area contributed by atoms with E-state index in [1.807, 2.05) is 24.3 Å². The van der Waals surface area contributed by atoms with Gasteiger partial charge in [0.05, 0.1) is 19.5 Å². The standard InChI is InChI=1S/C20H19FN4O2/c1-27-17-8-6-16(7-9-17)25-19-13-23-18(12-24-19)20(26)22-11-10-14-2-4-15(21)5-3-14/h2-9,12-13H,10-11H2,1H3,(H,22,26)(H,24,25). The monoisotopic (exact) mass is 366 g/mol. The number of halogens is 1. The van der Waals surface area contributed by atoms with Crippen molar-refractivity contribution in [3.05, 3.63) is 78.0 Å². The van der Waals surface area contributed by atoms with Gasteiger partial charge in [-0.1, -0.05) is 12.1 Å². The van der Waals surface area contributed by atoms with Crippen LogP contribution in [0.25, 0.3) is 0 Å². The van der Waals surface area contributed by atoms with Crippen molar-refractivity contribution in [1.82, 2.24) is 15.3 Å². The van der Waals surface area contributed by atoms with Crippen molar-refractivity contribution in [1.29, 1.82) is 0 Å². The molecular weight excluding hydrogens is 347 g/mol. The fraction of sp³-hybridized carbons (Fsp3) is 0.150. The predicted octanol–water partition coefficient (Wildman–Crippen LogP) is 3.34. The van der Waals surface area contributed by atoms with Gasteiger partial charge < -0.3 is 15.4 Å². The van der Waals surface area contributed by atoms with Crippen molar-refractivity contribution in [2.75, 3.05) is 19.0 Å². The Morgan fingerprint density at radius 1 is 1.04 bits per heavy atom. The van der Waals surface area contributed by atoms with Gasteiger partial charge in [0.15, 0.2) is 0 Å². The molecule has 0 unspecified atom stereocenters. The first-order valence-corrected chi connectivity index (χ1v) is 8.40. The number of amides is 1. The average molecular weight is 366 g/mol. The quantitative estimate of drug-likeness (QED) is 0.671. The highest BCUT2D eigenvalue weighted by Crippen LogP contribution is 2.18. The van der Waals surface area contributed by atoms with Crippen LogP contribution in [-0.2, 0) is 6.42 Å². The Balaban J connectivity index is 1.51. The zero-order chi connectivity index (χ0) is 19.1. The third-order valence-electron chi connectivity index (χ3n) is 3.86. The first-order valence-electron chi connectivity index (χ1n) is 8.40. The van der Waals surface area contributed by atoms with Crippen LogP contribution in [0.3, 0.4) is 0 Å². The molecule has 3 rings (SSSR count). The molecule has 6 nitrogen and oxygen atoms in total. The number of hydrogen-bond acceptors (Lipinski definition) is 5. The van der Waals surface area contributed by atoms with Crippen LogP contribution in [0.2, 0.25) is 0 Å². The highest BCUT2D eigenvalue weighted by molar-refractivity contribution is 5.92. The average Bonchev–Trinajstić information content (AvgIpc) is 2.70. The van der Waals surface area contributed by atoms with E-state index < -0.39 is 0 Å². The summed E-state index contributed by atoms with van der Waals surface area (Å²) >= 11 is 0. The summed E-state index contributed by atoms with van der Waals surface area (Å²) in [5, 5.41) is 5.87. The molecule has 0 radical (unpaired) electrons. The number of hydrogen-bond donors (Lipinski definition) is 2. The number of anilines is 2. The molecule has 1 aromatic heterocycles. The number of carbonyl (C=O) groups excluding carboxylic acids is 1. The molecule has 0 bridgehead atoms. The summed E-state index contributed by atoms with van der Waals surface area (Å²) in [5.74, 6) is 0.712. The van der Waals surface area contributed by atoms with Crippen LogP contribution in [0.5, 0.6) is 5.75 Å². The minimum absolute atomic E-state index is 0.231. The van der Waals surface area contributed by atoms with Gasteiger partial charge in [0, 0.05) is 12.2 Å². The van der Waals surface area contributed by atoms with Crippen molar-refractivity contribution in [3.63, 3.8) is 0 Å². The summed E-state index contributed by atoms with van der Waals surface area (Å²) in [6.07, 6.45) is 3.52. The van der Waals surface area contributed by atoms with Gasteiger partial charge in [0.1, 0.15) is 23.1 Å². The topological polar surface area (TPSA) is 76.1 Å². The number of methoxy groups -OCH3 is 1. The Bertz CT molecular complexity index is 881. The molecule has 0 saturated heterocycles. The third kappa shape index (κ3) is 5.24. The smallest absolute Gasteiger partial charge is 0.271 e. The molecule has 0 saturated carbocycles. The van der Waals surface area contributed by atoms with Crippen molar-refractivity contribution in [2.24, 2.45) is 0 Å². The lowest BCUT2D eigenvalue weighted by Gasteiger charge is -2.08. The molecule has 2 N–H and O–H groups in total. The van der Waals surface area contributed by atoms with E-state index in [1.165, 1.54) is 24.5 Å². The summed E-state index contributed by atoms with van der Waals surface area (Å²) in [6.45, 7) is 0.429. The van der Waals surface area contributed by atoms with E-state index in [2.05, 4.69) is 20.6 Å². The number of aromatic nitrogens is 2. The molecule has 0 aliphatic heterocycles. The van der Waals surface area contributed by atoms with Crippen LogP contribution in [0.1, 0.15) is 16.1 Å². The van der Waals surface area contributed by atoms with E-state index in [4.69, 9.17) is 4.74 Å². The molecule has 1 amide bonds. The molecule has 0 aliphatic rings. The van der Waals surface area contributed by atoms with E-state index in [9.17, 15) is 9.18 Å². The molecule has 1 heterocycles. The lowest BCUT2D eigenvalue weighted by atomic mass is 10.1. The van der Waals surface area contributed by atoms with Crippen LogP contribution >= 0.6 is 0 Å². The summed E-state index contributed by atoms with van der Waals surface area (Å²) in [4.78, 5) is 20.5. The lowest BCUT2D eigenvalue weighted by Crippen LogP contribution is -2.26. The van der Waals surface area contributed by atoms with Crippen molar-refractivity contribution >= 4 is 17.4 Å². The summed E-state index contributed by atoms with van der Waals surface area (Å²) < 4.78 is 18.0. The first kappa shape index (κ1) is 18.3. The summed E-state index contributed by atoms with van der Waals surface area (Å²) in [7, 11) is 1.61. The van der Waals surface area contributed by atoms with Crippen LogP contribution < -0.4 is 15.4 Å². The molecule has 0 atom stereocenters. The van der Waals surface area contributed by atoms with Gasteiger partial charge in [-0.15, -0.1) is 0 Å². The number of nitrogens with zero attached hydrogens (tertiary/aromatic N) is 2. The molecule has 138 valence electrons. The van der Waals surface area contributed by atoms with Gasteiger partial charge >= 0.3 is 0 Å². The van der Waals surface area contributed by atoms with Crippen LogP contribution in [0, 0.1) is 5.82 Å². The minimum Gasteiger partial charge on any atom is -0.497 e. The Morgan fingerprint density at radius 2 is 1.78 bits per heavy atom. The van der Waals surface area contributed by atoms with E-state index in [0.29, 0.717) is 18.8 Å². The number of rotatable bonds is 7. The largest absolute Gasteiger partial charge is 0.497 e. The van der Waals surface area contributed by atoms with Crippen LogP contribution in [-0.4, -0.2) is 29.5 Å². The molecule has 0 spiro atoms. The van der Waals surface area contributed by atoms with Crippen molar-refractivity contribution < 1.29 is 13.9 Å². The number of ether oxygens (including phenoxy) is 1. The Kier molecular flexibility index (Phi) is 5.94. The van der Waals surface area contributed by atoms with Crippen LogP contribution in [0.4, 0.5) is 15.9 Å². The first-order chi connectivity index (χ1) is 13.1. The molecule has 3 aromatic rings. The lowest BCUT2D eigenvalue weighted by molar-refractivity contribution is 0.0949. The van der Waals surface area contributed by atoms with E-state index >= 15 is 0 Å². The maximum atomic E-state index is 12.9. The van der Waals surface area contributed by atoms with E-state index in [-0.39, 0.29) is 17.4 Å². The van der Waals surface area contributed by atoms with Crippen molar-refractivity contribution in [2.45, 2.75) is 6.42 Å². The van der Waals surface area contributed by atoms with Crippen LogP contribution in [0.15, 0.2) is 60.9 Å². The zero-order valence-corrected chi connectivity index (χ0v) is 14.8. The fourth-order valence-electron chi connectivity index (χ4n) is 2.39. The van der Waals surface area contributed by atoms with E-state index in [0.717, 1.165) is 17.0 Å². The highest BCUT2D eigenvalue weighted by Gasteiger charge is 2.08. The van der Waals surface area contributed by atoms with Gasteiger partial charge in [-0.25, -0.2) is 14.4 Å². The Labute approximate surface area is 156 Å². The Morgan fingerprint density at radius 3 is 2.41 bits per heavy atom. The van der Waals surface area contributed by atoms with Gasteiger partial charge in [-0.05, 0) is 48.4 Å². The zero-order valence-electron chi connectivity index (χ0n) is 14.8. The summed E-state index contributed by atoms with van der Waals surface area (Å²) in [5.41, 5.74) is 2.01. The molecule has 27 heavy (non-hydrogen) atoms. The maximum Gasteiger partial charge on any atom is 0.271 e. The fourth-order valence-corrected chi connectivity index (χ4v) is 2.39. The normalized spacial score (nSPS) is 10.3. The second-order valence-electron chi connectivity index (χ2n) is 5.77. The highest BCUT2D eigenvalue weighted by atomic mass is 19.1. The number of benzene rings is 2. The molecule has 0 aliphatic carbocycles. The third-order valence-corrected chi connectivity index (χ3v) is 3.86. The van der Waals surface area contributed by atoms with Gasteiger partial charge in [0.2, 0.25) is 0 Å². The molecule has 7 heteroatoms. The molecule has 2 aromatic carbocycles. The predicted molar refractivity (Wildman–Crippen MR) is 101 cm³/mol. The van der Waals surface area contributed by atoms with Gasteiger partial charge in [0.25, 0.3) is 5.91 Å². The van der Waals surface area contributed by atoms with E-state index in [1.54, 1.807) is 19.2 Å². The number of carbonyl (C=O) groups is 1. The van der Waals surface area contributed by atoms with Crippen molar-refractivity contribution in [3.8, 4) is 5.75 Å². The maximum absolute atomic E-state index is 12.9. The second-order valence-corrected chi connectivity index (χ2v) is 5.77. The minimum atomic E-state index is -0.305.